The van der Waals surface area contributed by atoms with Crippen LogP contribution in [0.4, 0.5) is 5.69 Å². The summed E-state index contributed by atoms with van der Waals surface area (Å²) in [6.07, 6.45) is -0.426. The van der Waals surface area contributed by atoms with Gasteiger partial charge < -0.3 is 25.3 Å². The van der Waals surface area contributed by atoms with Crippen molar-refractivity contribution in [2.45, 2.75) is 18.8 Å². The third kappa shape index (κ3) is 3.35. The molecule has 3 N–H and O–H groups in total. The van der Waals surface area contributed by atoms with Gasteiger partial charge in [-0.1, -0.05) is 0 Å². The topological polar surface area (TPSA) is 65.7 Å². The maximum atomic E-state index is 5.82. The Labute approximate surface area is 108 Å². The molecule has 0 spiro atoms. The Bertz CT molecular complexity index is 352. The van der Waals surface area contributed by atoms with E-state index in [2.05, 4.69) is 5.32 Å². The summed E-state index contributed by atoms with van der Waals surface area (Å²) >= 11 is 0. The summed E-state index contributed by atoms with van der Waals surface area (Å²) in [4.78, 5) is 0. The van der Waals surface area contributed by atoms with E-state index < -0.39 is 11.8 Å². The van der Waals surface area contributed by atoms with Gasteiger partial charge in [-0.25, -0.2) is 0 Å². The number of methoxy groups -OCH3 is 3. The fourth-order valence-corrected chi connectivity index (χ4v) is 1.83. The molecule has 18 heavy (non-hydrogen) atoms. The number of hydrogen-bond donors (Lipinski definition) is 2. The lowest BCUT2D eigenvalue weighted by Gasteiger charge is -2.36. The molecule has 0 aromatic heterocycles. The molecule has 0 heterocycles. The zero-order chi connectivity index (χ0) is 13.6. The van der Waals surface area contributed by atoms with Gasteiger partial charge in [-0.2, -0.15) is 0 Å². The van der Waals surface area contributed by atoms with Crippen molar-refractivity contribution in [2.75, 3.05) is 33.2 Å². The van der Waals surface area contributed by atoms with E-state index in [4.69, 9.17) is 19.9 Å². The first-order valence-electron chi connectivity index (χ1n) is 5.77. The molecule has 0 amide bonds. The number of benzene rings is 1. The summed E-state index contributed by atoms with van der Waals surface area (Å²) in [7, 11) is 4.83. The monoisotopic (exact) mass is 254 g/mol. The molecule has 0 aliphatic rings. The fraction of sp³-hybridized carbons (Fsp3) is 0.538. The van der Waals surface area contributed by atoms with E-state index in [1.54, 1.807) is 21.3 Å². The zero-order valence-corrected chi connectivity index (χ0v) is 11.4. The van der Waals surface area contributed by atoms with Crippen LogP contribution in [0.1, 0.15) is 6.92 Å². The molecule has 102 valence electrons. The molecule has 1 atom stereocenters. The standard InChI is InChI=1S/C13H22N2O3/c1-13(9-14,12(17-3)18-4)15-10-5-7-11(16-2)8-6-10/h5-8,12,15H,9,14H2,1-4H3. The molecule has 0 fully saturated rings. The van der Waals surface area contributed by atoms with Gasteiger partial charge in [0.25, 0.3) is 0 Å². The van der Waals surface area contributed by atoms with Crippen LogP contribution in [0.25, 0.3) is 0 Å². The maximum absolute atomic E-state index is 5.82. The molecular formula is C13H22N2O3. The van der Waals surface area contributed by atoms with E-state index in [0.717, 1.165) is 11.4 Å². The van der Waals surface area contributed by atoms with E-state index in [9.17, 15) is 0 Å². The number of hydrogen-bond acceptors (Lipinski definition) is 5. The highest BCUT2D eigenvalue weighted by atomic mass is 16.7. The van der Waals surface area contributed by atoms with Crippen LogP contribution in [0.3, 0.4) is 0 Å². The Balaban J connectivity index is 2.83. The lowest BCUT2D eigenvalue weighted by molar-refractivity contribution is -0.134. The first-order chi connectivity index (χ1) is 8.59. The Kier molecular flexibility index (Phi) is 5.40. The third-order valence-corrected chi connectivity index (χ3v) is 2.89. The van der Waals surface area contributed by atoms with E-state index in [1.807, 2.05) is 31.2 Å². The van der Waals surface area contributed by atoms with Gasteiger partial charge in [0, 0.05) is 26.5 Å². The Morgan fingerprint density at radius 3 is 2.11 bits per heavy atom. The van der Waals surface area contributed by atoms with Crippen LogP contribution in [0.2, 0.25) is 0 Å². The first-order valence-corrected chi connectivity index (χ1v) is 5.77. The molecule has 1 rings (SSSR count). The number of rotatable bonds is 7. The van der Waals surface area contributed by atoms with Crippen molar-refractivity contribution in [1.82, 2.24) is 0 Å². The van der Waals surface area contributed by atoms with Crippen LogP contribution < -0.4 is 15.8 Å². The highest BCUT2D eigenvalue weighted by molar-refractivity contribution is 5.48. The number of ether oxygens (including phenoxy) is 3. The van der Waals surface area contributed by atoms with Crippen molar-refractivity contribution in [1.29, 1.82) is 0 Å². The summed E-state index contributed by atoms with van der Waals surface area (Å²) in [5, 5.41) is 3.33. The number of nitrogens with two attached hydrogens (primary N) is 1. The van der Waals surface area contributed by atoms with Crippen LogP contribution in [0.5, 0.6) is 5.75 Å². The van der Waals surface area contributed by atoms with E-state index in [0.29, 0.717) is 6.54 Å². The highest BCUT2D eigenvalue weighted by Gasteiger charge is 2.33. The predicted octanol–water partition coefficient (Wildman–Crippen LogP) is 1.44. The quantitative estimate of drug-likeness (QED) is 0.721. The zero-order valence-electron chi connectivity index (χ0n) is 11.4. The van der Waals surface area contributed by atoms with Crippen LogP contribution in [-0.4, -0.2) is 39.7 Å². The van der Waals surface area contributed by atoms with Crippen molar-refractivity contribution < 1.29 is 14.2 Å². The summed E-state index contributed by atoms with van der Waals surface area (Å²) in [5.41, 5.74) is 6.25. The molecule has 0 radical (unpaired) electrons. The molecule has 0 aliphatic heterocycles. The Hall–Kier alpha value is -1.30. The molecule has 1 aromatic carbocycles. The SMILES string of the molecule is COc1ccc(NC(C)(CN)C(OC)OC)cc1. The van der Waals surface area contributed by atoms with Crippen molar-refractivity contribution in [3.63, 3.8) is 0 Å². The van der Waals surface area contributed by atoms with E-state index in [-0.39, 0.29) is 0 Å². The minimum Gasteiger partial charge on any atom is -0.497 e. The normalized spacial score (nSPS) is 14.3. The average Bonchev–Trinajstić information content (AvgIpc) is 2.41. The maximum Gasteiger partial charge on any atom is 0.180 e. The smallest absolute Gasteiger partial charge is 0.180 e. The lowest BCUT2D eigenvalue weighted by atomic mass is 10.0. The highest BCUT2D eigenvalue weighted by Crippen LogP contribution is 2.22. The largest absolute Gasteiger partial charge is 0.497 e. The molecular weight excluding hydrogens is 232 g/mol. The molecule has 0 saturated heterocycles. The summed E-state index contributed by atoms with van der Waals surface area (Å²) in [6, 6.07) is 7.62. The molecule has 0 bridgehead atoms. The Morgan fingerprint density at radius 1 is 1.17 bits per heavy atom. The van der Waals surface area contributed by atoms with Gasteiger partial charge in [0.05, 0.1) is 12.6 Å². The van der Waals surface area contributed by atoms with Crippen LogP contribution in [-0.2, 0) is 9.47 Å². The summed E-state index contributed by atoms with van der Waals surface area (Å²) in [5.74, 6) is 0.810. The van der Waals surface area contributed by atoms with Crippen molar-refractivity contribution in [3.05, 3.63) is 24.3 Å². The van der Waals surface area contributed by atoms with Gasteiger partial charge in [-0.3, -0.25) is 0 Å². The van der Waals surface area contributed by atoms with Gasteiger partial charge in [-0.15, -0.1) is 0 Å². The van der Waals surface area contributed by atoms with Gasteiger partial charge in [0.15, 0.2) is 6.29 Å². The van der Waals surface area contributed by atoms with Crippen LogP contribution in [0.15, 0.2) is 24.3 Å². The molecule has 0 saturated carbocycles. The third-order valence-electron chi connectivity index (χ3n) is 2.89. The van der Waals surface area contributed by atoms with Gasteiger partial charge in [0.2, 0.25) is 0 Å². The van der Waals surface area contributed by atoms with Crippen molar-refractivity contribution in [2.24, 2.45) is 5.73 Å². The van der Waals surface area contributed by atoms with Crippen LogP contribution >= 0.6 is 0 Å². The first kappa shape index (κ1) is 14.8. The average molecular weight is 254 g/mol. The molecule has 1 aromatic rings. The molecule has 5 heteroatoms. The lowest BCUT2D eigenvalue weighted by Crippen LogP contribution is -2.54. The number of anilines is 1. The minimum atomic E-state index is -0.502. The molecule has 5 nitrogen and oxygen atoms in total. The van der Waals surface area contributed by atoms with E-state index >= 15 is 0 Å². The second-order valence-corrected chi connectivity index (χ2v) is 4.28. The molecule has 1 unspecified atom stereocenters. The second kappa shape index (κ2) is 6.58. The van der Waals surface area contributed by atoms with Gasteiger partial charge >= 0.3 is 0 Å². The van der Waals surface area contributed by atoms with Crippen molar-refractivity contribution in [3.8, 4) is 5.75 Å². The number of nitrogens with one attached hydrogen (secondary N) is 1. The molecule has 0 aliphatic carbocycles. The van der Waals surface area contributed by atoms with E-state index in [1.165, 1.54) is 0 Å². The fourth-order valence-electron chi connectivity index (χ4n) is 1.83. The Morgan fingerprint density at radius 2 is 1.72 bits per heavy atom. The van der Waals surface area contributed by atoms with Gasteiger partial charge in [0.1, 0.15) is 5.75 Å². The summed E-state index contributed by atoms with van der Waals surface area (Å²) < 4.78 is 15.7. The second-order valence-electron chi connectivity index (χ2n) is 4.28. The summed E-state index contributed by atoms with van der Waals surface area (Å²) in [6.45, 7) is 2.33. The minimum absolute atomic E-state index is 0.380. The van der Waals surface area contributed by atoms with Gasteiger partial charge in [-0.05, 0) is 31.2 Å². The van der Waals surface area contributed by atoms with Crippen molar-refractivity contribution >= 4 is 5.69 Å². The predicted molar refractivity (Wildman–Crippen MR) is 71.9 cm³/mol. The van der Waals surface area contributed by atoms with Crippen LogP contribution in [0, 0.1) is 0 Å².